The number of nitrogens with zero attached hydrogens (tertiary/aromatic N) is 3. The van der Waals surface area contributed by atoms with E-state index in [0.717, 1.165) is 4.57 Å². The Kier molecular flexibility index (Phi) is 12.9. The number of halogens is 2. The number of aromatic amines is 1. The number of methoxy groups -OCH3 is 2. The van der Waals surface area contributed by atoms with E-state index in [4.69, 9.17) is 44.4 Å². The SMILES string of the molecule is CCOC(=O)C(C(=O)OCC)c1nc(OC)c2[nH]c(=O)n(-c3cc(OCc4c(F)cccc4OC)c(OCCO[Si](C)(C)C(C)(C)C)cc3Cl)c2n1. The number of ether oxygens (including phenoxy) is 6. The van der Waals surface area contributed by atoms with Crippen molar-refractivity contribution in [3.8, 4) is 28.8 Å². The van der Waals surface area contributed by atoms with Crippen molar-refractivity contribution >= 4 is 43.0 Å². The number of esters is 2. The Labute approximate surface area is 306 Å². The summed E-state index contributed by atoms with van der Waals surface area (Å²) >= 11 is 6.82. The third-order valence-electron chi connectivity index (χ3n) is 8.55. The second-order valence-corrected chi connectivity index (χ2v) is 18.1. The first-order chi connectivity index (χ1) is 24.6. The lowest BCUT2D eigenvalue weighted by atomic mass is 10.1. The molecule has 0 saturated heterocycles. The number of H-pyrrole nitrogens is 1. The summed E-state index contributed by atoms with van der Waals surface area (Å²) in [6.45, 7) is 13.9. The first-order valence-corrected chi connectivity index (χ1v) is 19.8. The lowest BCUT2D eigenvalue weighted by molar-refractivity contribution is -0.157. The molecule has 0 amide bonds. The average Bonchev–Trinajstić information content (AvgIpc) is 3.41. The van der Waals surface area contributed by atoms with Crippen molar-refractivity contribution in [3.63, 3.8) is 0 Å². The zero-order chi connectivity index (χ0) is 38.4. The molecule has 52 heavy (non-hydrogen) atoms. The highest BCUT2D eigenvalue weighted by Crippen LogP contribution is 2.39. The highest BCUT2D eigenvalue weighted by molar-refractivity contribution is 6.74. The molecule has 0 unspecified atom stereocenters. The molecule has 0 fully saturated rings. The van der Waals surface area contributed by atoms with Crippen LogP contribution in [0.15, 0.2) is 35.1 Å². The molecule has 0 bridgehead atoms. The zero-order valence-corrected chi connectivity index (χ0v) is 32.4. The summed E-state index contributed by atoms with van der Waals surface area (Å²) in [7, 11) is 0.627. The number of hydrogen-bond donors (Lipinski definition) is 1. The molecule has 4 aromatic rings. The van der Waals surface area contributed by atoms with Crippen LogP contribution in [0.5, 0.6) is 23.1 Å². The van der Waals surface area contributed by atoms with Gasteiger partial charge in [0, 0.05) is 12.1 Å². The molecule has 2 aromatic heterocycles. The number of imidazole rings is 1. The molecule has 0 aliphatic carbocycles. The molecule has 0 saturated carbocycles. The molecule has 4 rings (SSSR count). The van der Waals surface area contributed by atoms with Crippen LogP contribution in [0.3, 0.4) is 0 Å². The van der Waals surface area contributed by atoms with Crippen LogP contribution in [-0.2, 0) is 30.1 Å². The quantitative estimate of drug-likeness (QED) is 0.0605. The van der Waals surface area contributed by atoms with Crippen LogP contribution in [0.4, 0.5) is 4.39 Å². The maximum atomic E-state index is 14.9. The van der Waals surface area contributed by atoms with Gasteiger partial charge in [0.2, 0.25) is 11.8 Å². The van der Waals surface area contributed by atoms with Gasteiger partial charge < -0.3 is 32.8 Å². The van der Waals surface area contributed by atoms with Gasteiger partial charge >= 0.3 is 17.6 Å². The van der Waals surface area contributed by atoms with Crippen LogP contribution in [0, 0.1) is 5.82 Å². The van der Waals surface area contributed by atoms with Crippen molar-refractivity contribution in [2.45, 2.75) is 65.3 Å². The number of hydrogen-bond acceptors (Lipinski definition) is 12. The monoisotopic (exact) mass is 762 g/mol. The van der Waals surface area contributed by atoms with E-state index in [-0.39, 0.29) is 94.5 Å². The smallest absolute Gasteiger partial charge is 0.332 e. The van der Waals surface area contributed by atoms with Gasteiger partial charge in [-0.2, -0.15) is 4.98 Å². The normalized spacial score (nSPS) is 11.8. The van der Waals surface area contributed by atoms with Gasteiger partial charge in [0.1, 0.15) is 30.3 Å². The minimum Gasteiger partial charge on any atom is -0.496 e. The number of rotatable bonds is 16. The summed E-state index contributed by atoms with van der Waals surface area (Å²) < 4.78 is 55.5. The predicted molar refractivity (Wildman–Crippen MR) is 193 cm³/mol. The molecule has 0 atom stereocenters. The number of carbonyl (C=O) groups is 2. The fourth-order valence-corrected chi connectivity index (χ4v) is 6.10. The highest BCUT2D eigenvalue weighted by Gasteiger charge is 2.38. The largest absolute Gasteiger partial charge is 0.496 e. The van der Waals surface area contributed by atoms with E-state index in [0.29, 0.717) is 0 Å². The Bertz CT molecular complexity index is 1960. The second-order valence-electron chi connectivity index (χ2n) is 12.9. The predicted octanol–water partition coefficient (Wildman–Crippen LogP) is 6.11. The van der Waals surface area contributed by atoms with E-state index in [2.05, 4.69) is 48.8 Å². The van der Waals surface area contributed by atoms with Crippen molar-refractivity contribution in [3.05, 3.63) is 63.0 Å². The number of fused-ring (bicyclic) bond motifs is 1. The topological polar surface area (TPSA) is 162 Å². The van der Waals surface area contributed by atoms with Crippen LogP contribution in [0.25, 0.3) is 16.9 Å². The van der Waals surface area contributed by atoms with E-state index >= 15 is 0 Å². The third-order valence-corrected chi connectivity index (χ3v) is 13.4. The molecule has 0 spiro atoms. The standard InChI is InChI=1S/C35H44ClFN4O10Si/c1-10-47-32(42)27(33(43)48-11-2)29-39-30-28(31(40-29)46-7)38-34(44)41(30)23-18-26(50-19-20-22(37)13-12-14-24(20)45-6)25(17-21(23)36)49-15-16-51-52(8,9)35(3,4)5/h12-14,17-18,27H,10-11,15-16,19H2,1-9H3,(H,38,44). The summed E-state index contributed by atoms with van der Waals surface area (Å²) in [4.78, 5) is 50.8. The highest BCUT2D eigenvalue weighted by atomic mass is 35.5. The fourth-order valence-electron chi connectivity index (χ4n) is 4.84. The fraction of sp³-hybridized carbons (Fsp3) is 0.457. The molecule has 2 aromatic carbocycles. The van der Waals surface area contributed by atoms with Crippen molar-refractivity contribution in [1.29, 1.82) is 0 Å². The van der Waals surface area contributed by atoms with Gasteiger partial charge in [-0.05, 0) is 44.1 Å². The van der Waals surface area contributed by atoms with E-state index < -0.39 is 37.7 Å². The van der Waals surface area contributed by atoms with Gasteiger partial charge in [-0.1, -0.05) is 38.4 Å². The molecular weight excluding hydrogens is 719 g/mol. The number of aromatic nitrogens is 4. The van der Waals surface area contributed by atoms with Gasteiger partial charge in [0.25, 0.3) is 0 Å². The molecule has 0 aliphatic heterocycles. The molecular formula is C35H44ClFN4O10Si. The van der Waals surface area contributed by atoms with Crippen molar-refractivity contribution in [2.24, 2.45) is 0 Å². The van der Waals surface area contributed by atoms with E-state index in [9.17, 15) is 18.8 Å². The first kappa shape index (κ1) is 40.1. The Hall–Kier alpha value is -4.67. The zero-order valence-electron chi connectivity index (χ0n) is 30.7. The van der Waals surface area contributed by atoms with Crippen LogP contribution < -0.4 is 24.6 Å². The first-order valence-electron chi connectivity index (χ1n) is 16.5. The average molecular weight is 763 g/mol. The molecule has 0 aliphatic rings. The summed E-state index contributed by atoms with van der Waals surface area (Å²) in [5.41, 5.74) is -0.563. The molecule has 17 heteroatoms. The van der Waals surface area contributed by atoms with Crippen LogP contribution >= 0.6 is 11.6 Å². The molecule has 282 valence electrons. The van der Waals surface area contributed by atoms with E-state index in [1.807, 2.05) is 0 Å². The molecule has 1 N–H and O–H groups in total. The Morgan fingerprint density at radius 3 is 2.21 bits per heavy atom. The van der Waals surface area contributed by atoms with Gasteiger partial charge in [-0.15, -0.1) is 0 Å². The minimum atomic E-state index is -2.08. The van der Waals surface area contributed by atoms with Gasteiger partial charge in [0.05, 0.1) is 50.3 Å². The second kappa shape index (κ2) is 16.8. The van der Waals surface area contributed by atoms with Crippen molar-refractivity contribution < 1.29 is 46.8 Å². The van der Waals surface area contributed by atoms with Gasteiger partial charge in [-0.25, -0.2) is 18.7 Å². The van der Waals surface area contributed by atoms with Crippen molar-refractivity contribution in [1.82, 2.24) is 19.5 Å². The molecule has 2 heterocycles. The molecule has 14 nitrogen and oxygen atoms in total. The Morgan fingerprint density at radius 1 is 0.962 bits per heavy atom. The minimum absolute atomic E-state index is 0.0175. The summed E-state index contributed by atoms with van der Waals surface area (Å²) in [5.74, 6) is -4.09. The van der Waals surface area contributed by atoms with Gasteiger partial charge in [0.15, 0.2) is 31.3 Å². The number of carbonyl (C=O) groups excluding carboxylic acids is 2. The number of nitrogens with one attached hydrogen (secondary N) is 1. The van der Waals surface area contributed by atoms with Crippen LogP contribution in [0.2, 0.25) is 23.2 Å². The maximum absolute atomic E-state index is 14.9. The maximum Gasteiger partial charge on any atom is 0.332 e. The summed E-state index contributed by atoms with van der Waals surface area (Å²) in [6.07, 6.45) is 0. The lowest BCUT2D eigenvalue weighted by Crippen LogP contribution is -2.41. The summed E-state index contributed by atoms with van der Waals surface area (Å²) in [5, 5.41) is 0.0155. The Morgan fingerprint density at radius 2 is 1.62 bits per heavy atom. The van der Waals surface area contributed by atoms with E-state index in [1.165, 1.54) is 38.5 Å². The molecule has 0 radical (unpaired) electrons. The van der Waals surface area contributed by atoms with Gasteiger partial charge in [-0.3, -0.25) is 14.6 Å². The summed E-state index contributed by atoms with van der Waals surface area (Å²) in [6, 6.07) is 7.26. The lowest BCUT2D eigenvalue weighted by Gasteiger charge is -2.36. The van der Waals surface area contributed by atoms with E-state index in [1.54, 1.807) is 19.9 Å². The van der Waals surface area contributed by atoms with Crippen LogP contribution in [-0.4, -0.2) is 80.4 Å². The van der Waals surface area contributed by atoms with Crippen molar-refractivity contribution in [2.75, 3.05) is 40.6 Å². The number of benzene rings is 2. The van der Waals surface area contributed by atoms with Crippen LogP contribution in [0.1, 0.15) is 51.9 Å². The Balaban J connectivity index is 1.85. The third kappa shape index (κ3) is 8.67.